The van der Waals surface area contributed by atoms with Crippen LogP contribution in [0.25, 0.3) is 10.9 Å². The predicted octanol–water partition coefficient (Wildman–Crippen LogP) is 3.64. The summed E-state index contributed by atoms with van der Waals surface area (Å²) in [5.74, 6) is -0.870. The van der Waals surface area contributed by atoms with Crippen LogP contribution in [0.5, 0.6) is 0 Å². The first-order valence-corrected chi connectivity index (χ1v) is 9.14. The maximum Gasteiger partial charge on any atom is 0.323 e. The van der Waals surface area contributed by atoms with Crippen molar-refractivity contribution in [3.8, 4) is 0 Å². The normalized spacial score (nSPS) is 13.9. The second-order valence-corrected chi connectivity index (χ2v) is 7.40. The first-order chi connectivity index (χ1) is 12.0. The Bertz CT molecular complexity index is 978. The van der Waals surface area contributed by atoms with E-state index in [1.165, 1.54) is 11.3 Å². The largest absolute Gasteiger partial charge is 0.480 e. The minimum atomic E-state index is -0.892. The summed E-state index contributed by atoms with van der Waals surface area (Å²) in [5, 5.41) is 12.7. The van der Waals surface area contributed by atoms with Gasteiger partial charge in [-0.2, -0.15) is 0 Å². The van der Waals surface area contributed by atoms with Gasteiger partial charge in [0, 0.05) is 41.2 Å². The SMILES string of the molecule is O=C(O)Cn1c2c(c3ccc(Cl)cc31)CN(C(=O)c1cccs1)CC2. The number of carboxylic acids is 1. The summed E-state index contributed by atoms with van der Waals surface area (Å²) in [6, 6.07) is 9.21. The molecule has 1 aliphatic heterocycles. The molecule has 0 fully saturated rings. The molecule has 25 heavy (non-hydrogen) atoms. The second-order valence-electron chi connectivity index (χ2n) is 6.02. The average Bonchev–Trinajstić information content (AvgIpc) is 3.21. The lowest BCUT2D eigenvalue weighted by atomic mass is 10.0. The fourth-order valence-electron chi connectivity index (χ4n) is 3.47. The van der Waals surface area contributed by atoms with Gasteiger partial charge in [0.2, 0.25) is 0 Å². The number of hydrogen-bond acceptors (Lipinski definition) is 3. The Balaban J connectivity index is 1.78. The first kappa shape index (κ1) is 16.2. The van der Waals surface area contributed by atoms with Crippen molar-refractivity contribution in [2.24, 2.45) is 0 Å². The molecule has 3 heterocycles. The van der Waals surface area contributed by atoms with Gasteiger partial charge in [-0.05, 0) is 23.6 Å². The first-order valence-electron chi connectivity index (χ1n) is 7.88. The third kappa shape index (κ3) is 2.81. The Morgan fingerprint density at radius 2 is 2.12 bits per heavy atom. The lowest BCUT2D eigenvalue weighted by molar-refractivity contribution is -0.137. The van der Waals surface area contributed by atoms with Gasteiger partial charge in [-0.15, -0.1) is 11.3 Å². The Morgan fingerprint density at radius 3 is 2.84 bits per heavy atom. The van der Waals surface area contributed by atoms with Crippen molar-refractivity contribution < 1.29 is 14.7 Å². The number of fused-ring (bicyclic) bond motifs is 3. The molecule has 1 aliphatic rings. The monoisotopic (exact) mass is 374 g/mol. The van der Waals surface area contributed by atoms with Crippen LogP contribution in [0, 0.1) is 0 Å². The molecule has 1 amide bonds. The zero-order valence-electron chi connectivity index (χ0n) is 13.2. The molecule has 0 spiro atoms. The highest BCUT2D eigenvalue weighted by Gasteiger charge is 2.28. The number of aliphatic carboxylic acids is 1. The van der Waals surface area contributed by atoms with E-state index in [9.17, 15) is 14.7 Å². The van der Waals surface area contributed by atoms with E-state index in [0.29, 0.717) is 24.5 Å². The molecule has 5 nitrogen and oxygen atoms in total. The van der Waals surface area contributed by atoms with Crippen molar-refractivity contribution in [3.63, 3.8) is 0 Å². The quantitative estimate of drug-likeness (QED) is 0.761. The van der Waals surface area contributed by atoms with Gasteiger partial charge in [-0.1, -0.05) is 23.7 Å². The average molecular weight is 375 g/mol. The van der Waals surface area contributed by atoms with Crippen LogP contribution in [0.15, 0.2) is 35.7 Å². The molecule has 0 atom stereocenters. The topological polar surface area (TPSA) is 62.5 Å². The van der Waals surface area contributed by atoms with Gasteiger partial charge in [0.05, 0.1) is 10.4 Å². The predicted molar refractivity (Wildman–Crippen MR) is 97.3 cm³/mol. The van der Waals surface area contributed by atoms with Gasteiger partial charge in [0.15, 0.2) is 0 Å². The molecule has 4 rings (SSSR count). The number of amides is 1. The summed E-state index contributed by atoms with van der Waals surface area (Å²) >= 11 is 7.55. The molecular weight excluding hydrogens is 360 g/mol. The highest BCUT2D eigenvalue weighted by molar-refractivity contribution is 7.12. The number of thiophene rings is 1. The van der Waals surface area contributed by atoms with Crippen molar-refractivity contribution in [3.05, 3.63) is 56.9 Å². The van der Waals surface area contributed by atoms with E-state index >= 15 is 0 Å². The van der Waals surface area contributed by atoms with Gasteiger partial charge < -0.3 is 14.6 Å². The number of carboxylic acid groups (broad SMARTS) is 1. The van der Waals surface area contributed by atoms with Crippen molar-refractivity contribution in [2.75, 3.05) is 6.54 Å². The summed E-state index contributed by atoms with van der Waals surface area (Å²) < 4.78 is 1.81. The zero-order valence-corrected chi connectivity index (χ0v) is 14.8. The van der Waals surface area contributed by atoms with Crippen LogP contribution in [-0.4, -0.2) is 33.0 Å². The number of nitrogens with zero attached hydrogens (tertiary/aromatic N) is 2. The Hall–Kier alpha value is -2.31. The Labute approximate surface area is 153 Å². The molecule has 0 saturated carbocycles. The molecule has 1 aromatic carbocycles. The highest BCUT2D eigenvalue weighted by Crippen LogP contribution is 2.33. The maximum atomic E-state index is 12.7. The molecule has 0 bridgehead atoms. The summed E-state index contributed by atoms with van der Waals surface area (Å²) in [4.78, 5) is 26.5. The van der Waals surface area contributed by atoms with E-state index in [2.05, 4.69) is 0 Å². The number of rotatable bonds is 3. The molecule has 0 saturated heterocycles. The Morgan fingerprint density at radius 1 is 1.28 bits per heavy atom. The number of hydrogen-bond donors (Lipinski definition) is 1. The van der Waals surface area contributed by atoms with Crippen LogP contribution in [0.4, 0.5) is 0 Å². The van der Waals surface area contributed by atoms with Crippen molar-refractivity contribution >= 4 is 45.7 Å². The van der Waals surface area contributed by atoms with E-state index in [1.807, 2.05) is 33.0 Å². The lowest BCUT2D eigenvalue weighted by Gasteiger charge is -2.27. The fourth-order valence-corrected chi connectivity index (χ4v) is 4.32. The maximum absolute atomic E-state index is 12.7. The number of carbonyl (C=O) groups is 2. The van der Waals surface area contributed by atoms with Crippen LogP contribution in [0.2, 0.25) is 5.02 Å². The highest BCUT2D eigenvalue weighted by atomic mass is 35.5. The van der Waals surface area contributed by atoms with Gasteiger partial charge in [-0.3, -0.25) is 9.59 Å². The number of benzene rings is 1. The molecule has 2 aromatic heterocycles. The molecule has 3 aromatic rings. The standard InChI is InChI=1S/C18H15ClN2O3S/c19-11-3-4-12-13-9-20(18(24)16-2-1-7-25-16)6-5-14(13)21(10-17(22)23)15(12)8-11/h1-4,7-8H,5-6,9-10H2,(H,22,23). The summed E-state index contributed by atoms with van der Waals surface area (Å²) in [6.45, 7) is 0.954. The Kier molecular flexibility index (Phi) is 4.01. The molecule has 0 aliphatic carbocycles. The zero-order chi connectivity index (χ0) is 17.6. The number of aromatic nitrogens is 1. The van der Waals surface area contributed by atoms with E-state index in [1.54, 1.807) is 12.1 Å². The van der Waals surface area contributed by atoms with Gasteiger partial charge in [0.1, 0.15) is 6.54 Å². The van der Waals surface area contributed by atoms with E-state index < -0.39 is 5.97 Å². The van der Waals surface area contributed by atoms with E-state index in [0.717, 1.165) is 27.0 Å². The van der Waals surface area contributed by atoms with Crippen molar-refractivity contribution in [1.29, 1.82) is 0 Å². The smallest absolute Gasteiger partial charge is 0.323 e. The number of halogens is 1. The third-order valence-electron chi connectivity index (χ3n) is 4.53. The molecule has 128 valence electrons. The fraction of sp³-hybridized carbons (Fsp3) is 0.222. The van der Waals surface area contributed by atoms with Gasteiger partial charge >= 0.3 is 5.97 Å². The molecule has 0 unspecified atom stereocenters. The summed E-state index contributed by atoms with van der Waals surface area (Å²) in [5.41, 5.74) is 2.81. The van der Waals surface area contributed by atoms with Crippen molar-refractivity contribution in [1.82, 2.24) is 9.47 Å². The molecule has 7 heteroatoms. The van der Waals surface area contributed by atoms with Crippen LogP contribution >= 0.6 is 22.9 Å². The van der Waals surface area contributed by atoms with Crippen LogP contribution in [-0.2, 0) is 24.3 Å². The van der Waals surface area contributed by atoms with Crippen LogP contribution < -0.4 is 0 Å². The minimum Gasteiger partial charge on any atom is -0.480 e. The summed E-state index contributed by atoms with van der Waals surface area (Å²) in [6.07, 6.45) is 0.631. The van der Waals surface area contributed by atoms with Crippen LogP contribution in [0.1, 0.15) is 20.9 Å². The third-order valence-corrected chi connectivity index (χ3v) is 5.62. The molecular formula is C18H15ClN2O3S. The summed E-state index contributed by atoms with van der Waals surface area (Å²) in [7, 11) is 0. The molecule has 1 N–H and O–H groups in total. The van der Waals surface area contributed by atoms with Crippen molar-refractivity contribution in [2.45, 2.75) is 19.5 Å². The molecule has 0 radical (unpaired) electrons. The van der Waals surface area contributed by atoms with Crippen LogP contribution in [0.3, 0.4) is 0 Å². The van der Waals surface area contributed by atoms with Gasteiger partial charge in [0.25, 0.3) is 5.91 Å². The number of carbonyl (C=O) groups excluding carboxylic acids is 1. The van der Waals surface area contributed by atoms with E-state index in [4.69, 9.17) is 11.6 Å². The lowest BCUT2D eigenvalue weighted by Crippen LogP contribution is -2.36. The minimum absolute atomic E-state index is 0.0220. The van der Waals surface area contributed by atoms with E-state index in [-0.39, 0.29) is 12.5 Å². The second kappa shape index (κ2) is 6.20. The van der Waals surface area contributed by atoms with Gasteiger partial charge in [-0.25, -0.2) is 0 Å².